The van der Waals surface area contributed by atoms with Gasteiger partial charge in [-0.05, 0) is 25.7 Å². The molecule has 0 spiro atoms. The number of rotatable bonds is 8. The highest BCUT2D eigenvalue weighted by Crippen LogP contribution is 2.29. The van der Waals surface area contributed by atoms with Crippen LogP contribution in [0.5, 0.6) is 0 Å². The van der Waals surface area contributed by atoms with E-state index in [-0.39, 0.29) is 5.92 Å². The predicted octanol–water partition coefficient (Wildman–Crippen LogP) is 1.47. The van der Waals surface area contributed by atoms with E-state index in [0.717, 1.165) is 25.0 Å². The first-order chi connectivity index (χ1) is 14.1. The number of anilines is 1. The molecule has 2 aliphatic rings. The van der Waals surface area contributed by atoms with E-state index in [1.807, 2.05) is 0 Å². The number of piperidine rings is 1. The zero-order valence-corrected chi connectivity index (χ0v) is 16.8. The van der Waals surface area contributed by atoms with Gasteiger partial charge < -0.3 is 25.2 Å². The SMILES string of the molecule is COCCCc1cnc(/C(=C/N)C2=NCCCO2)c(N2CCC(C(=O)O)CC2)n1. The second kappa shape index (κ2) is 10.2. The molecule has 29 heavy (non-hydrogen) atoms. The van der Waals surface area contributed by atoms with Gasteiger partial charge in [0.15, 0.2) is 5.82 Å². The molecule has 1 aromatic rings. The van der Waals surface area contributed by atoms with E-state index in [1.54, 1.807) is 13.3 Å². The molecular weight excluding hydrogens is 374 g/mol. The number of methoxy groups -OCH3 is 1. The lowest BCUT2D eigenvalue weighted by Gasteiger charge is -2.32. The minimum Gasteiger partial charge on any atom is -0.481 e. The summed E-state index contributed by atoms with van der Waals surface area (Å²) in [4.78, 5) is 27.4. The summed E-state index contributed by atoms with van der Waals surface area (Å²) >= 11 is 0. The second-order valence-electron chi connectivity index (χ2n) is 7.20. The number of carboxylic acid groups (broad SMARTS) is 1. The van der Waals surface area contributed by atoms with Crippen LogP contribution in [0, 0.1) is 5.92 Å². The van der Waals surface area contributed by atoms with E-state index < -0.39 is 5.97 Å². The van der Waals surface area contributed by atoms with Gasteiger partial charge in [0.25, 0.3) is 0 Å². The van der Waals surface area contributed by atoms with Gasteiger partial charge in [-0.15, -0.1) is 0 Å². The average molecular weight is 403 g/mol. The van der Waals surface area contributed by atoms with Crippen molar-refractivity contribution in [2.24, 2.45) is 16.6 Å². The summed E-state index contributed by atoms with van der Waals surface area (Å²) in [5.74, 6) is 0.138. The number of carboxylic acids is 1. The number of carbonyl (C=O) groups is 1. The molecule has 1 saturated heterocycles. The fourth-order valence-electron chi connectivity index (χ4n) is 3.56. The number of nitrogens with two attached hydrogens (primary N) is 1. The Morgan fingerprint density at radius 2 is 2.24 bits per heavy atom. The van der Waals surface area contributed by atoms with Crippen LogP contribution in [0.1, 0.15) is 37.1 Å². The molecule has 0 atom stereocenters. The third-order valence-corrected chi connectivity index (χ3v) is 5.18. The second-order valence-corrected chi connectivity index (χ2v) is 7.20. The Hall–Kier alpha value is -2.68. The Balaban J connectivity index is 1.90. The minimum atomic E-state index is -0.739. The molecule has 1 aromatic heterocycles. The first-order valence-corrected chi connectivity index (χ1v) is 10.1. The average Bonchev–Trinajstić information content (AvgIpc) is 2.76. The third-order valence-electron chi connectivity index (χ3n) is 5.18. The van der Waals surface area contributed by atoms with Crippen molar-refractivity contribution in [3.63, 3.8) is 0 Å². The van der Waals surface area contributed by atoms with Gasteiger partial charge in [0, 0.05) is 52.2 Å². The van der Waals surface area contributed by atoms with Crippen LogP contribution in [0.15, 0.2) is 17.4 Å². The number of hydrogen-bond donors (Lipinski definition) is 2. The van der Waals surface area contributed by atoms with Crippen molar-refractivity contribution in [3.05, 3.63) is 23.8 Å². The van der Waals surface area contributed by atoms with E-state index in [2.05, 4.69) is 14.9 Å². The van der Waals surface area contributed by atoms with Crippen molar-refractivity contribution in [1.82, 2.24) is 9.97 Å². The topological polar surface area (TPSA) is 123 Å². The molecule has 0 saturated carbocycles. The standard InChI is InChI=1S/C20H29N5O4/c1-28-10-2-4-15-13-23-17(16(12-21)19-22-7-3-11-29-19)18(24-15)25-8-5-14(6-9-25)20(26)27/h12-14H,2-11,21H2,1H3,(H,26,27)/b16-12-. The van der Waals surface area contributed by atoms with E-state index in [9.17, 15) is 9.90 Å². The first kappa shape index (κ1) is 21.0. The highest BCUT2D eigenvalue weighted by molar-refractivity contribution is 6.20. The van der Waals surface area contributed by atoms with Crippen LogP contribution in [-0.4, -0.2) is 66.9 Å². The fourth-order valence-corrected chi connectivity index (χ4v) is 3.56. The Morgan fingerprint density at radius 1 is 1.45 bits per heavy atom. The number of aromatic nitrogens is 2. The predicted molar refractivity (Wildman–Crippen MR) is 110 cm³/mol. The lowest BCUT2D eigenvalue weighted by Crippen LogP contribution is -2.37. The number of aryl methyl sites for hydroxylation is 1. The van der Waals surface area contributed by atoms with Crippen molar-refractivity contribution in [2.75, 3.05) is 44.9 Å². The fraction of sp³-hybridized carbons (Fsp3) is 0.600. The quantitative estimate of drug-likeness (QED) is 0.626. The van der Waals surface area contributed by atoms with E-state index in [4.69, 9.17) is 20.2 Å². The molecule has 0 radical (unpaired) electrons. The maximum absolute atomic E-state index is 11.3. The van der Waals surface area contributed by atoms with Crippen LogP contribution in [0.2, 0.25) is 0 Å². The van der Waals surface area contributed by atoms with E-state index in [1.165, 1.54) is 6.20 Å². The van der Waals surface area contributed by atoms with Crippen molar-refractivity contribution >= 4 is 23.3 Å². The summed E-state index contributed by atoms with van der Waals surface area (Å²) in [6.45, 7) is 3.14. The van der Waals surface area contributed by atoms with Crippen molar-refractivity contribution < 1.29 is 19.4 Å². The van der Waals surface area contributed by atoms with E-state index >= 15 is 0 Å². The van der Waals surface area contributed by atoms with Gasteiger partial charge in [-0.1, -0.05) is 0 Å². The number of hydrogen-bond acceptors (Lipinski definition) is 8. The third kappa shape index (κ3) is 5.23. The van der Waals surface area contributed by atoms with Crippen LogP contribution in [-0.2, 0) is 20.7 Å². The molecule has 158 valence electrons. The number of aliphatic imine (C=N–C) groups is 1. The van der Waals surface area contributed by atoms with Crippen LogP contribution in [0.3, 0.4) is 0 Å². The molecule has 1 fully saturated rings. The molecule has 0 unspecified atom stereocenters. The van der Waals surface area contributed by atoms with Gasteiger partial charge in [0.05, 0.1) is 23.8 Å². The molecule has 9 heteroatoms. The first-order valence-electron chi connectivity index (χ1n) is 10.1. The lowest BCUT2D eigenvalue weighted by molar-refractivity contribution is -0.142. The Kier molecular flexibility index (Phi) is 7.40. The van der Waals surface area contributed by atoms with Gasteiger partial charge in [-0.3, -0.25) is 14.8 Å². The van der Waals surface area contributed by atoms with Gasteiger partial charge in [-0.2, -0.15) is 0 Å². The van der Waals surface area contributed by atoms with Crippen molar-refractivity contribution in [1.29, 1.82) is 0 Å². The minimum absolute atomic E-state index is 0.317. The largest absolute Gasteiger partial charge is 0.481 e. The molecule has 0 bridgehead atoms. The molecule has 2 aliphatic heterocycles. The zero-order chi connectivity index (χ0) is 20.6. The van der Waals surface area contributed by atoms with Gasteiger partial charge in [-0.25, -0.2) is 4.98 Å². The monoisotopic (exact) mass is 403 g/mol. The molecule has 0 aliphatic carbocycles. The lowest BCUT2D eigenvalue weighted by atomic mass is 9.97. The van der Waals surface area contributed by atoms with Gasteiger partial charge in [0.1, 0.15) is 5.69 Å². The van der Waals surface area contributed by atoms with Crippen LogP contribution in [0.25, 0.3) is 5.57 Å². The maximum atomic E-state index is 11.3. The summed E-state index contributed by atoms with van der Waals surface area (Å²) in [5.41, 5.74) is 8.04. The van der Waals surface area contributed by atoms with E-state index in [0.29, 0.717) is 68.7 Å². The normalized spacial score (nSPS) is 18.3. The molecule has 0 aromatic carbocycles. The Labute approximate surface area is 170 Å². The maximum Gasteiger partial charge on any atom is 0.306 e. The van der Waals surface area contributed by atoms with Crippen molar-refractivity contribution in [3.8, 4) is 0 Å². The number of nitrogens with zero attached hydrogens (tertiary/aromatic N) is 4. The summed E-state index contributed by atoms with van der Waals surface area (Å²) in [6, 6.07) is 0. The van der Waals surface area contributed by atoms with Crippen LogP contribution in [0.4, 0.5) is 5.82 Å². The molecule has 9 nitrogen and oxygen atoms in total. The molecule has 3 heterocycles. The molecule has 3 N–H and O–H groups in total. The molecule has 3 rings (SSSR count). The highest BCUT2D eigenvalue weighted by Gasteiger charge is 2.29. The Bertz CT molecular complexity index is 772. The summed E-state index contributed by atoms with van der Waals surface area (Å²) < 4.78 is 10.8. The Morgan fingerprint density at radius 3 is 2.86 bits per heavy atom. The summed E-state index contributed by atoms with van der Waals surface area (Å²) in [6.07, 6.45) is 6.84. The van der Waals surface area contributed by atoms with Gasteiger partial charge >= 0.3 is 5.97 Å². The number of ether oxygens (including phenoxy) is 2. The number of aliphatic carboxylic acids is 1. The summed E-state index contributed by atoms with van der Waals surface area (Å²) in [5, 5.41) is 9.29. The van der Waals surface area contributed by atoms with Gasteiger partial charge in [0.2, 0.25) is 5.90 Å². The highest BCUT2D eigenvalue weighted by atomic mass is 16.5. The zero-order valence-electron chi connectivity index (χ0n) is 16.8. The molecular formula is C20H29N5O4. The smallest absolute Gasteiger partial charge is 0.306 e. The molecule has 0 amide bonds. The van der Waals surface area contributed by atoms with Crippen LogP contribution < -0.4 is 10.6 Å². The van der Waals surface area contributed by atoms with Crippen LogP contribution >= 0.6 is 0 Å². The van der Waals surface area contributed by atoms with Crippen molar-refractivity contribution in [2.45, 2.75) is 32.1 Å². The summed E-state index contributed by atoms with van der Waals surface area (Å²) in [7, 11) is 1.68.